The van der Waals surface area contributed by atoms with E-state index >= 15 is 0 Å². The first-order valence-corrected chi connectivity index (χ1v) is 11.8. The molecule has 4 heteroatoms. The van der Waals surface area contributed by atoms with Gasteiger partial charge in [-0.25, -0.2) is 9.97 Å². The van der Waals surface area contributed by atoms with E-state index < -0.39 is 0 Å². The maximum absolute atomic E-state index is 5.39. The van der Waals surface area contributed by atoms with Gasteiger partial charge in [0, 0.05) is 27.5 Å². The summed E-state index contributed by atoms with van der Waals surface area (Å²) in [6, 6.07) is 37.0. The van der Waals surface area contributed by atoms with Crippen molar-refractivity contribution in [3.8, 4) is 45.1 Å². The van der Waals surface area contributed by atoms with Gasteiger partial charge in [-0.3, -0.25) is 0 Å². The fraction of sp³-hybridized carbons (Fsp3) is 0.0625. The number of fused-ring (bicyclic) bond motifs is 2. The van der Waals surface area contributed by atoms with Gasteiger partial charge >= 0.3 is 0 Å². The number of ether oxygens (including phenoxy) is 2. The van der Waals surface area contributed by atoms with Crippen LogP contribution in [0.25, 0.3) is 55.4 Å². The summed E-state index contributed by atoms with van der Waals surface area (Å²) in [5, 5.41) is 2.18. The van der Waals surface area contributed by atoms with E-state index in [0.717, 1.165) is 66.9 Å². The third-order valence-corrected chi connectivity index (χ3v) is 6.48. The van der Waals surface area contributed by atoms with E-state index in [4.69, 9.17) is 19.4 Å². The van der Waals surface area contributed by atoms with E-state index in [-0.39, 0.29) is 0 Å². The monoisotopic (exact) mass is 468 g/mol. The summed E-state index contributed by atoms with van der Waals surface area (Å²) in [7, 11) is 3.35. The van der Waals surface area contributed by atoms with Crippen molar-refractivity contribution in [2.75, 3.05) is 14.2 Å². The van der Waals surface area contributed by atoms with E-state index in [1.807, 2.05) is 54.6 Å². The molecule has 0 unspecified atom stereocenters. The molecule has 0 aliphatic heterocycles. The number of para-hydroxylation sites is 2. The Morgan fingerprint density at radius 2 is 1.14 bits per heavy atom. The van der Waals surface area contributed by atoms with Gasteiger partial charge in [0.05, 0.1) is 36.6 Å². The van der Waals surface area contributed by atoms with Crippen LogP contribution in [0, 0.1) is 0 Å². The highest BCUT2D eigenvalue weighted by atomic mass is 16.5. The molecule has 2 aromatic heterocycles. The average molecular weight is 469 g/mol. The minimum absolute atomic E-state index is 0.817. The van der Waals surface area contributed by atoms with Crippen molar-refractivity contribution < 1.29 is 9.47 Å². The van der Waals surface area contributed by atoms with Crippen LogP contribution in [0.15, 0.2) is 109 Å². The Bertz CT molecular complexity index is 1690. The Balaban J connectivity index is 1.64. The first kappa shape index (κ1) is 21.8. The highest BCUT2D eigenvalue weighted by molar-refractivity contribution is 6.02. The first-order chi connectivity index (χ1) is 17.7. The third kappa shape index (κ3) is 3.93. The molecule has 0 aliphatic rings. The van der Waals surface area contributed by atoms with Gasteiger partial charge < -0.3 is 9.47 Å². The van der Waals surface area contributed by atoms with Crippen LogP contribution < -0.4 is 9.47 Å². The second-order valence-corrected chi connectivity index (χ2v) is 8.61. The Morgan fingerprint density at radius 3 is 1.83 bits per heavy atom. The lowest BCUT2D eigenvalue weighted by Crippen LogP contribution is -1.95. The van der Waals surface area contributed by atoms with Crippen LogP contribution >= 0.6 is 0 Å². The molecule has 6 rings (SSSR count). The van der Waals surface area contributed by atoms with Crippen molar-refractivity contribution in [2.24, 2.45) is 0 Å². The van der Waals surface area contributed by atoms with Gasteiger partial charge in [0.1, 0.15) is 11.5 Å². The van der Waals surface area contributed by atoms with Crippen molar-refractivity contribution in [3.05, 3.63) is 109 Å². The summed E-state index contributed by atoms with van der Waals surface area (Å²) in [5.74, 6) is 1.64. The van der Waals surface area contributed by atoms with Gasteiger partial charge in [0.25, 0.3) is 0 Å². The second kappa shape index (κ2) is 9.16. The van der Waals surface area contributed by atoms with Crippen LogP contribution in [-0.4, -0.2) is 24.2 Å². The SMILES string of the molecule is COc1ccc(-c2cc(-c3cc4ccccc4nc3-c3ccc(OC)cc3)c3ccccc3n2)cc1. The Hall–Kier alpha value is -4.70. The quantitative estimate of drug-likeness (QED) is 0.259. The van der Waals surface area contributed by atoms with Crippen LogP contribution in [0.2, 0.25) is 0 Å². The predicted octanol–water partition coefficient (Wildman–Crippen LogP) is 7.80. The topological polar surface area (TPSA) is 44.2 Å². The number of aromatic nitrogens is 2. The summed E-state index contributed by atoms with van der Waals surface area (Å²) < 4.78 is 10.7. The summed E-state index contributed by atoms with van der Waals surface area (Å²) in [6.07, 6.45) is 0. The minimum Gasteiger partial charge on any atom is -0.497 e. The molecule has 4 aromatic carbocycles. The van der Waals surface area contributed by atoms with Gasteiger partial charge in [-0.05, 0) is 78.4 Å². The van der Waals surface area contributed by atoms with Crippen LogP contribution in [0.1, 0.15) is 0 Å². The van der Waals surface area contributed by atoms with Gasteiger partial charge in [-0.1, -0.05) is 36.4 Å². The molecule has 6 aromatic rings. The zero-order valence-electron chi connectivity index (χ0n) is 20.1. The second-order valence-electron chi connectivity index (χ2n) is 8.61. The zero-order valence-corrected chi connectivity index (χ0v) is 20.1. The lowest BCUT2D eigenvalue weighted by molar-refractivity contribution is 0.415. The van der Waals surface area contributed by atoms with Gasteiger partial charge in [-0.15, -0.1) is 0 Å². The molecule has 0 fully saturated rings. The predicted molar refractivity (Wildman–Crippen MR) is 146 cm³/mol. The van der Waals surface area contributed by atoms with Crippen molar-refractivity contribution >= 4 is 21.8 Å². The van der Waals surface area contributed by atoms with Gasteiger partial charge in [-0.2, -0.15) is 0 Å². The molecule has 0 saturated carbocycles. The summed E-state index contributed by atoms with van der Waals surface area (Å²) in [4.78, 5) is 10.1. The minimum atomic E-state index is 0.817. The van der Waals surface area contributed by atoms with Crippen LogP contribution in [0.4, 0.5) is 0 Å². The van der Waals surface area contributed by atoms with Crippen LogP contribution in [0.5, 0.6) is 11.5 Å². The summed E-state index contributed by atoms with van der Waals surface area (Å²) in [6.45, 7) is 0. The number of nitrogens with zero attached hydrogens (tertiary/aromatic N) is 2. The molecule has 4 nitrogen and oxygen atoms in total. The van der Waals surface area contributed by atoms with Crippen molar-refractivity contribution in [1.29, 1.82) is 0 Å². The van der Waals surface area contributed by atoms with E-state index in [1.54, 1.807) is 14.2 Å². The smallest absolute Gasteiger partial charge is 0.118 e. The largest absolute Gasteiger partial charge is 0.497 e. The number of pyridine rings is 2. The standard InChI is InChI=1S/C32H24N2O2/c1-35-24-15-11-21(12-16-24)31-20-27(26-8-4-6-10-30(26)33-31)28-19-23-7-3-5-9-29(23)34-32(28)22-13-17-25(36-2)18-14-22/h3-20H,1-2H3. The fourth-order valence-electron chi connectivity index (χ4n) is 4.60. The number of hydrogen-bond donors (Lipinski definition) is 0. The van der Waals surface area contributed by atoms with Crippen LogP contribution in [-0.2, 0) is 0 Å². The summed E-state index contributed by atoms with van der Waals surface area (Å²) >= 11 is 0. The van der Waals surface area contributed by atoms with Crippen LogP contribution in [0.3, 0.4) is 0 Å². The highest BCUT2D eigenvalue weighted by Gasteiger charge is 2.16. The zero-order chi connectivity index (χ0) is 24.5. The number of hydrogen-bond acceptors (Lipinski definition) is 4. The lowest BCUT2D eigenvalue weighted by Gasteiger charge is -2.15. The maximum atomic E-state index is 5.39. The van der Waals surface area contributed by atoms with E-state index in [0.29, 0.717) is 0 Å². The van der Waals surface area contributed by atoms with E-state index in [1.165, 1.54) is 0 Å². The Labute approximate surface area is 209 Å². The molecule has 2 heterocycles. The molecule has 0 atom stereocenters. The van der Waals surface area contributed by atoms with E-state index in [9.17, 15) is 0 Å². The average Bonchev–Trinajstić information content (AvgIpc) is 2.96. The molecular weight excluding hydrogens is 444 g/mol. The maximum Gasteiger partial charge on any atom is 0.118 e. The van der Waals surface area contributed by atoms with Gasteiger partial charge in [0.15, 0.2) is 0 Å². The van der Waals surface area contributed by atoms with Crippen molar-refractivity contribution in [2.45, 2.75) is 0 Å². The van der Waals surface area contributed by atoms with Crippen molar-refractivity contribution in [3.63, 3.8) is 0 Å². The van der Waals surface area contributed by atoms with Gasteiger partial charge in [0.2, 0.25) is 0 Å². The normalized spacial score (nSPS) is 11.1. The number of benzene rings is 4. The Kier molecular flexibility index (Phi) is 5.55. The third-order valence-electron chi connectivity index (χ3n) is 6.48. The molecular formula is C32H24N2O2. The van der Waals surface area contributed by atoms with E-state index in [2.05, 4.69) is 54.6 Å². The fourth-order valence-corrected chi connectivity index (χ4v) is 4.60. The Morgan fingerprint density at radius 1 is 0.528 bits per heavy atom. The molecule has 0 N–H and O–H groups in total. The first-order valence-electron chi connectivity index (χ1n) is 11.8. The molecule has 0 amide bonds. The lowest BCUT2D eigenvalue weighted by atomic mass is 9.93. The molecule has 0 spiro atoms. The summed E-state index contributed by atoms with van der Waals surface area (Å²) in [5.41, 5.74) is 7.94. The molecule has 0 saturated heterocycles. The van der Waals surface area contributed by atoms with Crippen molar-refractivity contribution in [1.82, 2.24) is 9.97 Å². The molecule has 0 bridgehead atoms. The molecule has 36 heavy (non-hydrogen) atoms. The highest BCUT2D eigenvalue weighted by Crippen LogP contribution is 2.39. The number of rotatable bonds is 5. The molecule has 0 aliphatic carbocycles. The number of methoxy groups -OCH3 is 2. The molecule has 174 valence electrons. The molecule has 0 radical (unpaired) electrons.